The standard InChI is InChI=1S/C27H31FN6O4S/c1-27(7-3-20(28)4-8-27)34-24-18-29-16-22(21(24)17-31-34)26(35)32-23(6-10-33-11-13-38-14-12-33)19-5-9-30-25(15-19)39(2,36)37/h3-5,7,9,15-18,23H,6,8,10-14H2,1-2H3,(H,32,35)/t23-,27?/m0/s1. The summed E-state index contributed by atoms with van der Waals surface area (Å²) in [6.07, 6.45) is 13.0. The lowest BCUT2D eigenvalue weighted by atomic mass is 9.93. The zero-order valence-electron chi connectivity index (χ0n) is 21.9. The third-order valence-electron chi connectivity index (χ3n) is 7.22. The highest BCUT2D eigenvalue weighted by atomic mass is 32.2. The number of nitrogens with zero attached hydrogens (tertiary/aromatic N) is 5. The number of ether oxygens (including phenoxy) is 1. The van der Waals surface area contributed by atoms with E-state index in [4.69, 9.17) is 4.74 Å². The Hall–Kier alpha value is -3.48. The molecular formula is C27H31FN6O4S. The molecule has 0 saturated carbocycles. The van der Waals surface area contributed by atoms with Gasteiger partial charge in [-0.3, -0.25) is 19.4 Å². The van der Waals surface area contributed by atoms with E-state index >= 15 is 0 Å². The third-order valence-corrected chi connectivity index (χ3v) is 8.20. The van der Waals surface area contributed by atoms with Gasteiger partial charge in [-0.1, -0.05) is 6.08 Å². The Kier molecular flexibility index (Phi) is 7.61. The van der Waals surface area contributed by atoms with Crippen LogP contribution in [0.5, 0.6) is 0 Å². The molecule has 1 aliphatic carbocycles. The largest absolute Gasteiger partial charge is 0.379 e. The molecule has 1 N–H and O–H groups in total. The molecule has 10 nitrogen and oxygen atoms in total. The lowest BCUT2D eigenvalue weighted by molar-refractivity contribution is 0.0360. The van der Waals surface area contributed by atoms with Gasteiger partial charge in [-0.15, -0.1) is 0 Å². The summed E-state index contributed by atoms with van der Waals surface area (Å²) >= 11 is 0. The van der Waals surface area contributed by atoms with E-state index in [1.807, 2.05) is 6.92 Å². The minimum atomic E-state index is -3.53. The Balaban J connectivity index is 1.44. The molecule has 1 unspecified atom stereocenters. The molecule has 1 amide bonds. The maximum atomic E-state index is 13.7. The van der Waals surface area contributed by atoms with Gasteiger partial charge in [0.15, 0.2) is 14.9 Å². The van der Waals surface area contributed by atoms with E-state index in [9.17, 15) is 17.6 Å². The fraction of sp³-hybridized carbons (Fsp3) is 0.407. The highest BCUT2D eigenvalue weighted by Gasteiger charge is 2.29. The third kappa shape index (κ3) is 5.92. The Bertz CT molecular complexity index is 1550. The van der Waals surface area contributed by atoms with Crippen LogP contribution in [0.25, 0.3) is 10.9 Å². The molecule has 0 radical (unpaired) electrons. The number of amides is 1. The van der Waals surface area contributed by atoms with Gasteiger partial charge in [0.05, 0.1) is 48.3 Å². The number of allylic oxidation sites excluding steroid dienone is 4. The van der Waals surface area contributed by atoms with Crippen LogP contribution in [0, 0.1) is 0 Å². The number of carbonyl (C=O) groups is 1. The molecule has 3 aromatic heterocycles. The minimum absolute atomic E-state index is 0.0464. The fourth-order valence-electron chi connectivity index (χ4n) is 4.92. The van der Waals surface area contributed by atoms with E-state index in [0.29, 0.717) is 54.6 Å². The van der Waals surface area contributed by atoms with Gasteiger partial charge in [-0.05, 0) is 49.6 Å². The van der Waals surface area contributed by atoms with Crippen LogP contribution < -0.4 is 5.32 Å². The van der Waals surface area contributed by atoms with Crippen molar-refractivity contribution in [1.82, 2.24) is 30.0 Å². The van der Waals surface area contributed by atoms with Gasteiger partial charge in [0.1, 0.15) is 5.83 Å². The van der Waals surface area contributed by atoms with Crippen molar-refractivity contribution < 1.29 is 22.3 Å². The first-order chi connectivity index (χ1) is 18.6. The second-order valence-corrected chi connectivity index (χ2v) is 12.1. The van der Waals surface area contributed by atoms with Crippen LogP contribution in [0.2, 0.25) is 0 Å². The Morgan fingerprint density at radius 2 is 2.05 bits per heavy atom. The van der Waals surface area contributed by atoms with E-state index in [2.05, 4.69) is 25.3 Å². The number of sulfone groups is 1. The second kappa shape index (κ2) is 10.9. The monoisotopic (exact) mass is 554 g/mol. The van der Waals surface area contributed by atoms with Crippen LogP contribution in [0.4, 0.5) is 4.39 Å². The molecule has 3 aromatic rings. The van der Waals surface area contributed by atoms with E-state index in [1.165, 1.54) is 30.6 Å². The molecule has 1 fully saturated rings. The number of pyridine rings is 2. The number of halogens is 1. The van der Waals surface area contributed by atoms with Gasteiger partial charge in [-0.25, -0.2) is 17.8 Å². The average molecular weight is 555 g/mol. The smallest absolute Gasteiger partial charge is 0.254 e. The molecule has 1 aliphatic heterocycles. The summed E-state index contributed by atoms with van der Waals surface area (Å²) in [6.45, 7) is 5.52. The van der Waals surface area contributed by atoms with Crippen LogP contribution in [0.3, 0.4) is 0 Å². The van der Waals surface area contributed by atoms with Crippen LogP contribution in [0.15, 0.2) is 66.0 Å². The zero-order valence-corrected chi connectivity index (χ0v) is 22.7. The van der Waals surface area contributed by atoms with Crippen LogP contribution in [-0.4, -0.2) is 78.1 Å². The van der Waals surface area contributed by atoms with Crippen molar-refractivity contribution in [3.05, 3.63) is 72.1 Å². The highest BCUT2D eigenvalue weighted by molar-refractivity contribution is 7.90. The Morgan fingerprint density at radius 1 is 1.26 bits per heavy atom. The molecule has 4 heterocycles. The first kappa shape index (κ1) is 27.1. The van der Waals surface area contributed by atoms with Gasteiger partial charge in [0.25, 0.3) is 5.91 Å². The van der Waals surface area contributed by atoms with Gasteiger partial charge in [-0.2, -0.15) is 5.10 Å². The zero-order chi connectivity index (χ0) is 27.6. The van der Waals surface area contributed by atoms with Crippen molar-refractivity contribution in [2.75, 3.05) is 39.1 Å². The summed E-state index contributed by atoms with van der Waals surface area (Å²) in [5.74, 6) is -0.645. The molecule has 5 rings (SSSR count). The number of aromatic nitrogens is 4. The molecule has 0 spiro atoms. The number of nitrogens with one attached hydrogen (secondary N) is 1. The first-order valence-electron chi connectivity index (χ1n) is 12.8. The van der Waals surface area contributed by atoms with Crippen molar-refractivity contribution >= 4 is 26.6 Å². The maximum absolute atomic E-state index is 13.7. The lowest BCUT2D eigenvalue weighted by Gasteiger charge is -2.29. The van der Waals surface area contributed by atoms with Crippen molar-refractivity contribution in [3.63, 3.8) is 0 Å². The van der Waals surface area contributed by atoms with Gasteiger partial charge in [0, 0.05) is 43.7 Å². The van der Waals surface area contributed by atoms with E-state index < -0.39 is 21.4 Å². The van der Waals surface area contributed by atoms with Crippen LogP contribution in [-0.2, 0) is 20.1 Å². The normalized spacial score (nSPS) is 21.1. The number of hydrogen-bond donors (Lipinski definition) is 1. The number of fused-ring (bicyclic) bond motifs is 1. The lowest BCUT2D eigenvalue weighted by Crippen LogP contribution is -2.39. The molecule has 2 aliphatic rings. The maximum Gasteiger partial charge on any atom is 0.254 e. The summed E-state index contributed by atoms with van der Waals surface area (Å²) in [7, 11) is -3.53. The van der Waals surface area contributed by atoms with Gasteiger partial charge < -0.3 is 10.1 Å². The summed E-state index contributed by atoms with van der Waals surface area (Å²) in [5.41, 5.74) is 1.04. The topological polar surface area (TPSA) is 119 Å². The molecule has 39 heavy (non-hydrogen) atoms. The number of rotatable bonds is 8. The minimum Gasteiger partial charge on any atom is -0.379 e. The summed E-state index contributed by atoms with van der Waals surface area (Å²) in [5, 5.41) is 8.20. The summed E-state index contributed by atoms with van der Waals surface area (Å²) in [4.78, 5) is 24.2. The molecule has 12 heteroatoms. The second-order valence-electron chi connectivity index (χ2n) is 10.1. The van der Waals surface area contributed by atoms with Crippen molar-refractivity contribution in [3.8, 4) is 0 Å². The number of hydrogen-bond acceptors (Lipinski definition) is 8. The molecule has 0 aromatic carbocycles. The van der Waals surface area contributed by atoms with Gasteiger partial charge in [0.2, 0.25) is 0 Å². The summed E-state index contributed by atoms with van der Waals surface area (Å²) < 4.78 is 45.1. The highest BCUT2D eigenvalue weighted by Crippen LogP contribution is 2.32. The molecular weight excluding hydrogens is 523 g/mol. The first-order valence-corrected chi connectivity index (χ1v) is 14.7. The molecule has 1 saturated heterocycles. The number of carbonyl (C=O) groups excluding carboxylic acids is 1. The van der Waals surface area contributed by atoms with E-state index in [-0.39, 0.29) is 16.8 Å². The molecule has 206 valence electrons. The van der Waals surface area contributed by atoms with Crippen LogP contribution >= 0.6 is 0 Å². The Morgan fingerprint density at radius 3 is 2.77 bits per heavy atom. The number of morpholine rings is 1. The molecule has 0 bridgehead atoms. The van der Waals surface area contributed by atoms with Crippen molar-refractivity contribution in [2.45, 2.75) is 36.4 Å². The van der Waals surface area contributed by atoms with Crippen LogP contribution in [0.1, 0.15) is 41.7 Å². The quantitative estimate of drug-likeness (QED) is 0.452. The Labute approximate surface area is 226 Å². The predicted octanol–water partition coefficient (Wildman–Crippen LogP) is 2.95. The van der Waals surface area contributed by atoms with Crippen molar-refractivity contribution in [2.24, 2.45) is 0 Å². The van der Waals surface area contributed by atoms with E-state index in [1.54, 1.807) is 29.2 Å². The van der Waals surface area contributed by atoms with E-state index in [0.717, 1.165) is 19.3 Å². The SMILES string of the molecule is CC1(n2ncc3c(C(=O)N[C@@H](CCN4CCOCC4)c4ccnc(S(C)(=O)=O)c4)cncc32)C=CC(F)=CC1. The fourth-order valence-corrected chi connectivity index (χ4v) is 5.53. The predicted molar refractivity (Wildman–Crippen MR) is 144 cm³/mol. The van der Waals surface area contributed by atoms with Gasteiger partial charge >= 0.3 is 0 Å². The average Bonchev–Trinajstić information content (AvgIpc) is 3.38. The molecule has 2 atom stereocenters. The summed E-state index contributed by atoms with van der Waals surface area (Å²) in [6, 6.07) is 2.76. The van der Waals surface area contributed by atoms with Crippen molar-refractivity contribution in [1.29, 1.82) is 0 Å².